The lowest BCUT2D eigenvalue weighted by atomic mass is 10.1. The van der Waals surface area contributed by atoms with Crippen molar-refractivity contribution in [2.75, 3.05) is 0 Å². The van der Waals surface area contributed by atoms with Crippen molar-refractivity contribution in [2.24, 2.45) is 0 Å². The fourth-order valence-corrected chi connectivity index (χ4v) is 0.933. The summed E-state index contributed by atoms with van der Waals surface area (Å²) in [6.45, 7) is 6.20. The van der Waals surface area contributed by atoms with E-state index in [2.05, 4.69) is 37.3 Å². The first-order chi connectivity index (χ1) is 5.43. The van der Waals surface area contributed by atoms with Crippen LogP contribution in [-0.4, -0.2) is 0 Å². The standard InChI is InChI=1S/C9H12.C2H6.CH4/c1-2-6-9-7-4-3-5-8-9;1-2;/h3-5,7-8H,2,6H2,1H3;1-2H3;1H4. The van der Waals surface area contributed by atoms with Gasteiger partial charge in [-0.1, -0.05) is 65.0 Å². The Morgan fingerprint density at radius 1 is 1.00 bits per heavy atom. The van der Waals surface area contributed by atoms with Gasteiger partial charge in [0.1, 0.15) is 0 Å². The fraction of sp³-hybridized carbons (Fsp3) is 0.500. The SMILES string of the molecule is C.CC.CCCc1ccccc1. The summed E-state index contributed by atoms with van der Waals surface area (Å²) in [7, 11) is 0. The van der Waals surface area contributed by atoms with E-state index in [1.54, 1.807) is 0 Å². The molecule has 0 nitrogen and oxygen atoms in total. The molecular weight excluding hydrogens is 144 g/mol. The minimum absolute atomic E-state index is 0. The Morgan fingerprint density at radius 2 is 1.50 bits per heavy atom. The highest BCUT2D eigenvalue weighted by Gasteiger charge is 1.84. The molecule has 0 aliphatic heterocycles. The zero-order valence-electron chi connectivity index (χ0n) is 7.80. The van der Waals surface area contributed by atoms with Gasteiger partial charge < -0.3 is 0 Å². The number of rotatable bonds is 2. The zero-order chi connectivity index (χ0) is 8.53. The van der Waals surface area contributed by atoms with E-state index in [0.29, 0.717) is 0 Å². The molecule has 1 aromatic carbocycles. The number of hydrogen-bond donors (Lipinski definition) is 0. The molecule has 0 aliphatic rings. The van der Waals surface area contributed by atoms with Crippen LogP contribution in [0.1, 0.15) is 40.2 Å². The summed E-state index contributed by atoms with van der Waals surface area (Å²) in [5.74, 6) is 0. The quantitative estimate of drug-likeness (QED) is 0.614. The van der Waals surface area contributed by atoms with Gasteiger partial charge in [0.2, 0.25) is 0 Å². The van der Waals surface area contributed by atoms with Crippen molar-refractivity contribution in [2.45, 2.75) is 41.0 Å². The maximum Gasteiger partial charge on any atom is -0.0281 e. The zero-order valence-corrected chi connectivity index (χ0v) is 7.80. The van der Waals surface area contributed by atoms with Crippen LogP contribution in [0.4, 0.5) is 0 Å². The molecule has 0 heteroatoms. The maximum absolute atomic E-state index is 2.20. The first-order valence-electron chi connectivity index (χ1n) is 4.47. The van der Waals surface area contributed by atoms with Gasteiger partial charge in [0, 0.05) is 0 Å². The smallest absolute Gasteiger partial charge is 0.0281 e. The third-order valence-corrected chi connectivity index (χ3v) is 1.38. The molecule has 1 rings (SSSR count). The van der Waals surface area contributed by atoms with E-state index in [-0.39, 0.29) is 7.43 Å². The molecule has 12 heavy (non-hydrogen) atoms. The van der Waals surface area contributed by atoms with Gasteiger partial charge in [-0.2, -0.15) is 0 Å². The third-order valence-electron chi connectivity index (χ3n) is 1.38. The minimum atomic E-state index is 0. The Balaban J connectivity index is 0. The van der Waals surface area contributed by atoms with E-state index in [4.69, 9.17) is 0 Å². The number of aryl methyl sites for hydroxylation is 1. The summed E-state index contributed by atoms with van der Waals surface area (Å²) in [5, 5.41) is 0. The number of benzene rings is 1. The van der Waals surface area contributed by atoms with E-state index in [9.17, 15) is 0 Å². The van der Waals surface area contributed by atoms with Crippen LogP contribution in [0.2, 0.25) is 0 Å². The summed E-state index contributed by atoms with van der Waals surface area (Å²) in [6.07, 6.45) is 2.45. The number of hydrogen-bond acceptors (Lipinski definition) is 0. The predicted molar refractivity (Wildman–Crippen MR) is 58.5 cm³/mol. The predicted octanol–water partition coefficient (Wildman–Crippen LogP) is 4.30. The summed E-state index contributed by atoms with van der Waals surface area (Å²) < 4.78 is 0. The van der Waals surface area contributed by atoms with E-state index in [1.807, 2.05) is 13.8 Å². The first kappa shape index (κ1) is 13.8. The molecule has 0 aliphatic carbocycles. The highest BCUT2D eigenvalue weighted by molar-refractivity contribution is 5.14. The molecule has 1 aromatic rings. The monoisotopic (exact) mass is 166 g/mol. The maximum atomic E-state index is 2.20. The van der Waals surface area contributed by atoms with Crippen molar-refractivity contribution in [3.8, 4) is 0 Å². The summed E-state index contributed by atoms with van der Waals surface area (Å²) in [4.78, 5) is 0. The summed E-state index contributed by atoms with van der Waals surface area (Å²) in [5.41, 5.74) is 1.44. The van der Waals surface area contributed by atoms with Gasteiger partial charge in [0.15, 0.2) is 0 Å². The Bertz CT molecular complexity index is 153. The van der Waals surface area contributed by atoms with Gasteiger partial charge in [-0.15, -0.1) is 0 Å². The molecule has 0 heterocycles. The second kappa shape index (κ2) is 10.2. The van der Waals surface area contributed by atoms with E-state index in [0.717, 1.165) is 0 Å². The molecule has 0 saturated carbocycles. The topological polar surface area (TPSA) is 0 Å². The van der Waals surface area contributed by atoms with Crippen LogP contribution in [0.15, 0.2) is 30.3 Å². The average molecular weight is 166 g/mol. The molecule has 0 amide bonds. The minimum Gasteiger partial charge on any atom is -0.0776 e. The Labute approximate surface area is 77.6 Å². The van der Waals surface area contributed by atoms with Crippen LogP contribution in [0.3, 0.4) is 0 Å². The Hall–Kier alpha value is -0.780. The summed E-state index contributed by atoms with van der Waals surface area (Å²) >= 11 is 0. The highest BCUT2D eigenvalue weighted by atomic mass is 13.9. The van der Waals surface area contributed by atoms with Gasteiger partial charge in [-0.3, -0.25) is 0 Å². The molecule has 0 aromatic heterocycles. The molecule has 0 bridgehead atoms. The van der Waals surface area contributed by atoms with E-state index < -0.39 is 0 Å². The lowest BCUT2D eigenvalue weighted by Gasteiger charge is -1.93. The van der Waals surface area contributed by atoms with Crippen LogP contribution in [-0.2, 0) is 6.42 Å². The molecule has 0 N–H and O–H groups in total. The molecule has 70 valence electrons. The van der Waals surface area contributed by atoms with Crippen LogP contribution >= 0.6 is 0 Å². The van der Waals surface area contributed by atoms with Crippen LogP contribution < -0.4 is 0 Å². The summed E-state index contributed by atoms with van der Waals surface area (Å²) in [6, 6.07) is 10.6. The van der Waals surface area contributed by atoms with Gasteiger partial charge in [-0.25, -0.2) is 0 Å². The van der Waals surface area contributed by atoms with E-state index in [1.165, 1.54) is 18.4 Å². The molecule has 0 unspecified atom stereocenters. The van der Waals surface area contributed by atoms with Gasteiger partial charge in [0.25, 0.3) is 0 Å². The molecule has 0 spiro atoms. The first-order valence-corrected chi connectivity index (χ1v) is 4.47. The second-order valence-electron chi connectivity index (χ2n) is 2.24. The van der Waals surface area contributed by atoms with Crippen molar-refractivity contribution < 1.29 is 0 Å². The van der Waals surface area contributed by atoms with Gasteiger partial charge >= 0.3 is 0 Å². The largest absolute Gasteiger partial charge is 0.0776 e. The van der Waals surface area contributed by atoms with Gasteiger partial charge in [-0.05, 0) is 12.0 Å². The normalized spacial score (nSPS) is 7.58. The van der Waals surface area contributed by atoms with Crippen molar-refractivity contribution >= 4 is 0 Å². The van der Waals surface area contributed by atoms with Crippen LogP contribution in [0.25, 0.3) is 0 Å². The van der Waals surface area contributed by atoms with E-state index >= 15 is 0 Å². The van der Waals surface area contributed by atoms with Crippen LogP contribution in [0.5, 0.6) is 0 Å². The highest BCUT2D eigenvalue weighted by Crippen LogP contribution is 2.00. The Morgan fingerprint density at radius 3 is 1.92 bits per heavy atom. The third kappa shape index (κ3) is 5.96. The van der Waals surface area contributed by atoms with Crippen LogP contribution in [0, 0.1) is 0 Å². The average Bonchev–Trinajstić information content (AvgIpc) is 2.11. The van der Waals surface area contributed by atoms with Gasteiger partial charge in [0.05, 0.1) is 0 Å². The molecule has 0 atom stereocenters. The lowest BCUT2D eigenvalue weighted by molar-refractivity contribution is 0.922. The molecular formula is C12H22. The molecule has 0 radical (unpaired) electrons. The van der Waals surface area contributed by atoms with Crippen molar-refractivity contribution in [1.29, 1.82) is 0 Å². The van der Waals surface area contributed by atoms with Crippen molar-refractivity contribution in [3.63, 3.8) is 0 Å². The molecule has 0 fully saturated rings. The Kier molecular flexibility index (Phi) is 11.7. The second-order valence-corrected chi connectivity index (χ2v) is 2.24. The van der Waals surface area contributed by atoms with Crippen molar-refractivity contribution in [1.82, 2.24) is 0 Å². The van der Waals surface area contributed by atoms with Crippen molar-refractivity contribution in [3.05, 3.63) is 35.9 Å². The lowest BCUT2D eigenvalue weighted by Crippen LogP contribution is -1.78. The fourth-order valence-electron chi connectivity index (χ4n) is 0.933. The molecule has 0 saturated heterocycles.